The van der Waals surface area contributed by atoms with Crippen LogP contribution in [0.15, 0.2) is 24.3 Å². The normalized spacial score (nSPS) is 12.6. The molecule has 0 saturated carbocycles. The Morgan fingerprint density at radius 3 is 2.57 bits per heavy atom. The second-order valence-electron chi connectivity index (χ2n) is 5.09. The zero-order chi connectivity index (χ0) is 15.4. The van der Waals surface area contributed by atoms with Gasteiger partial charge in [0.05, 0.1) is 11.8 Å². The lowest BCUT2D eigenvalue weighted by Crippen LogP contribution is -2.17. The molecule has 1 heterocycles. The molecule has 0 aliphatic rings. The van der Waals surface area contributed by atoms with Gasteiger partial charge in [-0.1, -0.05) is 13.0 Å². The first kappa shape index (κ1) is 15.6. The van der Waals surface area contributed by atoms with E-state index in [1.165, 1.54) is 12.1 Å². The van der Waals surface area contributed by atoms with E-state index in [1.54, 1.807) is 0 Å². The van der Waals surface area contributed by atoms with E-state index in [-0.39, 0.29) is 6.42 Å². The summed E-state index contributed by atoms with van der Waals surface area (Å²) in [4.78, 5) is 0. The van der Waals surface area contributed by atoms with Gasteiger partial charge in [-0.2, -0.15) is 5.10 Å². The largest absolute Gasteiger partial charge is 0.392 e. The minimum atomic E-state index is -0.725. The highest BCUT2D eigenvalue weighted by Gasteiger charge is 2.14. The molecular formula is C16H20F2N2O. The van der Waals surface area contributed by atoms with Gasteiger partial charge in [0.15, 0.2) is 0 Å². The van der Waals surface area contributed by atoms with Crippen molar-refractivity contribution in [2.45, 2.75) is 45.8 Å². The molecule has 2 rings (SSSR count). The van der Waals surface area contributed by atoms with Gasteiger partial charge in [0.2, 0.25) is 0 Å². The van der Waals surface area contributed by atoms with E-state index in [0.717, 1.165) is 30.4 Å². The standard InChI is InChI=1S/C16H20F2N2O/c1-3-13-9-14(20(4-2)19-13)10-15(21)7-11-5-6-12(17)8-16(11)18/h5-6,8-9,15,21H,3-4,7,10H2,1-2H3. The summed E-state index contributed by atoms with van der Waals surface area (Å²) in [7, 11) is 0. The van der Waals surface area contributed by atoms with Crippen LogP contribution in [-0.4, -0.2) is 21.0 Å². The number of halogens is 2. The van der Waals surface area contributed by atoms with Crippen LogP contribution >= 0.6 is 0 Å². The zero-order valence-electron chi connectivity index (χ0n) is 12.3. The zero-order valence-corrected chi connectivity index (χ0v) is 12.3. The van der Waals surface area contributed by atoms with Crippen molar-refractivity contribution in [1.82, 2.24) is 9.78 Å². The van der Waals surface area contributed by atoms with Crippen molar-refractivity contribution in [3.8, 4) is 0 Å². The predicted molar refractivity (Wildman–Crippen MR) is 77.1 cm³/mol. The number of aliphatic hydroxyl groups is 1. The molecule has 0 aliphatic heterocycles. The lowest BCUT2D eigenvalue weighted by Gasteiger charge is -2.12. The molecule has 1 aromatic heterocycles. The highest BCUT2D eigenvalue weighted by atomic mass is 19.1. The molecule has 21 heavy (non-hydrogen) atoms. The minimum Gasteiger partial charge on any atom is -0.392 e. The van der Waals surface area contributed by atoms with Crippen LogP contribution in [0.25, 0.3) is 0 Å². The van der Waals surface area contributed by atoms with Gasteiger partial charge in [0.1, 0.15) is 11.6 Å². The monoisotopic (exact) mass is 294 g/mol. The van der Waals surface area contributed by atoms with Crippen LogP contribution in [0.2, 0.25) is 0 Å². The number of aryl methyl sites for hydroxylation is 2. The van der Waals surface area contributed by atoms with Crippen molar-refractivity contribution in [3.05, 3.63) is 52.9 Å². The second-order valence-corrected chi connectivity index (χ2v) is 5.09. The molecule has 1 unspecified atom stereocenters. The topological polar surface area (TPSA) is 38.0 Å². The van der Waals surface area contributed by atoms with Crippen LogP contribution in [0, 0.1) is 11.6 Å². The van der Waals surface area contributed by atoms with Gasteiger partial charge in [-0.15, -0.1) is 0 Å². The number of hydrogen-bond acceptors (Lipinski definition) is 2. The third-order valence-corrected chi connectivity index (χ3v) is 3.49. The summed E-state index contributed by atoms with van der Waals surface area (Å²) >= 11 is 0. The molecule has 1 aromatic carbocycles. The Balaban J connectivity index is 2.07. The van der Waals surface area contributed by atoms with Gasteiger partial charge in [-0.25, -0.2) is 8.78 Å². The summed E-state index contributed by atoms with van der Waals surface area (Å²) in [6.45, 7) is 4.74. The van der Waals surface area contributed by atoms with Crippen molar-refractivity contribution >= 4 is 0 Å². The van der Waals surface area contributed by atoms with E-state index in [9.17, 15) is 13.9 Å². The molecular weight excluding hydrogens is 274 g/mol. The molecule has 2 aromatic rings. The number of rotatable bonds is 6. The number of aliphatic hydroxyl groups excluding tert-OH is 1. The Morgan fingerprint density at radius 2 is 1.95 bits per heavy atom. The molecule has 0 bridgehead atoms. The first-order valence-electron chi connectivity index (χ1n) is 7.21. The fourth-order valence-corrected chi connectivity index (χ4v) is 2.38. The molecule has 0 amide bonds. The highest BCUT2D eigenvalue weighted by Crippen LogP contribution is 2.15. The van der Waals surface area contributed by atoms with Crippen LogP contribution in [0.3, 0.4) is 0 Å². The average molecular weight is 294 g/mol. The van der Waals surface area contributed by atoms with Gasteiger partial charge in [-0.3, -0.25) is 4.68 Å². The molecule has 1 N–H and O–H groups in total. The van der Waals surface area contributed by atoms with Crippen LogP contribution < -0.4 is 0 Å². The van der Waals surface area contributed by atoms with E-state index >= 15 is 0 Å². The Bertz CT molecular complexity index is 610. The van der Waals surface area contributed by atoms with E-state index in [2.05, 4.69) is 5.10 Å². The SMILES string of the molecule is CCc1cc(CC(O)Cc2ccc(F)cc2F)n(CC)n1. The van der Waals surface area contributed by atoms with Crippen molar-refractivity contribution in [1.29, 1.82) is 0 Å². The predicted octanol–water partition coefficient (Wildman–Crippen LogP) is 2.89. The molecule has 0 spiro atoms. The molecule has 1 atom stereocenters. The molecule has 0 saturated heterocycles. The van der Waals surface area contributed by atoms with E-state index in [4.69, 9.17) is 0 Å². The molecule has 0 radical (unpaired) electrons. The van der Waals surface area contributed by atoms with Gasteiger partial charge >= 0.3 is 0 Å². The third kappa shape index (κ3) is 3.88. The van der Waals surface area contributed by atoms with Gasteiger partial charge in [0.25, 0.3) is 0 Å². The summed E-state index contributed by atoms with van der Waals surface area (Å²) < 4.78 is 28.3. The Morgan fingerprint density at radius 1 is 1.19 bits per heavy atom. The fraction of sp³-hybridized carbons (Fsp3) is 0.438. The summed E-state index contributed by atoms with van der Waals surface area (Å²) in [6, 6.07) is 5.39. The number of benzene rings is 1. The van der Waals surface area contributed by atoms with Crippen LogP contribution in [-0.2, 0) is 25.8 Å². The smallest absolute Gasteiger partial charge is 0.129 e. The summed E-state index contributed by atoms with van der Waals surface area (Å²) in [5.74, 6) is -1.23. The second kappa shape index (κ2) is 6.80. The molecule has 114 valence electrons. The van der Waals surface area contributed by atoms with Crippen molar-refractivity contribution in [2.75, 3.05) is 0 Å². The number of nitrogens with zero attached hydrogens (tertiary/aromatic N) is 2. The lowest BCUT2D eigenvalue weighted by molar-refractivity contribution is 0.171. The quantitative estimate of drug-likeness (QED) is 0.889. The van der Waals surface area contributed by atoms with Crippen LogP contribution in [0.5, 0.6) is 0 Å². The van der Waals surface area contributed by atoms with E-state index in [1.807, 2.05) is 24.6 Å². The highest BCUT2D eigenvalue weighted by molar-refractivity contribution is 5.20. The van der Waals surface area contributed by atoms with Crippen LogP contribution in [0.4, 0.5) is 8.78 Å². The summed E-state index contributed by atoms with van der Waals surface area (Å²) in [6.07, 6.45) is 0.666. The summed E-state index contributed by atoms with van der Waals surface area (Å²) in [5.41, 5.74) is 2.23. The molecule has 5 heteroatoms. The van der Waals surface area contributed by atoms with Gasteiger partial charge in [0, 0.05) is 31.1 Å². The van der Waals surface area contributed by atoms with Gasteiger partial charge in [-0.05, 0) is 31.0 Å². The maximum absolute atomic E-state index is 13.6. The lowest BCUT2D eigenvalue weighted by atomic mass is 10.0. The first-order valence-corrected chi connectivity index (χ1v) is 7.21. The van der Waals surface area contributed by atoms with Crippen LogP contribution in [0.1, 0.15) is 30.8 Å². The molecule has 3 nitrogen and oxygen atoms in total. The Labute approximate surface area is 123 Å². The average Bonchev–Trinajstić information content (AvgIpc) is 2.84. The minimum absolute atomic E-state index is 0.155. The fourth-order valence-electron chi connectivity index (χ4n) is 2.38. The van der Waals surface area contributed by atoms with E-state index in [0.29, 0.717) is 12.0 Å². The molecule has 0 fully saturated rings. The Kier molecular flexibility index (Phi) is 5.07. The third-order valence-electron chi connectivity index (χ3n) is 3.49. The molecule has 0 aliphatic carbocycles. The first-order chi connectivity index (χ1) is 10.0. The van der Waals surface area contributed by atoms with Gasteiger partial charge < -0.3 is 5.11 Å². The Hall–Kier alpha value is -1.75. The summed E-state index contributed by atoms with van der Waals surface area (Å²) in [5, 5.41) is 14.6. The maximum atomic E-state index is 13.6. The number of hydrogen-bond donors (Lipinski definition) is 1. The van der Waals surface area contributed by atoms with E-state index < -0.39 is 17.7 Å². The van der Waals surface area contributed by atoms with Crippen molar-refractivity contribution < 1.29 is 13.9 Å². The maximum Gasteiger partial charge on any atom is 0.129 e. The van der Waals surface area contributed by atoms with Crippen molar-refractivity contribution in [3.63, 3.8) is 0 Å². The number of aromatic nitrogens is 2. The van der Waals surface area contributed by atoms with Crippen molar-refractivity contribution in [2.24, 2.45) is 0 Å².